The van der Waals surface area contributed by atoms with E-state index in [9.17, 15) is 0 Å². The normalized spacial score (nSPS) is 11.0. The Morgan fingerprint density at radius 3 is 2.89 bits per heavy atom. The number of anilines is 1. The van der Waals surface area contributed by atoms with Crippen LogP contribution in [0.1, 0.15) is 0 Å². The van der Waals surface area contributed by atoms with Crippen molar-refractivity contribution in [3.8, 4) is 5.69 Å². The molecule has 3 rings (SSSR count). The molecular weight excluding hydrogens is 318 g/mol. The van der Waals surface area contributed by atoms with E-state index in [0.29, 0.717) is 22.3 Å². The largest absolute Gasteiger partial charge is 0.369 e. The van der Waals surface area contributed by atoms with E-state index >= 15 is 0 Å². The lowest BCUT2D eigenvalue weighted by molar-refractivity contribution is 1.10. The number of fused-ring (bicyclic) bond motifs is 1. The number of hydrogen-bond donors (Lipinski definition) is 1. The van der Waals surface area contributed by atoms with Crippen LogP contribution in [0.4, 0.5) is 5.95 Å². The van der Waals surface area contributed by atoms with Gasteiger partial charge in [-0.3, -0.25) is 4.57 Å². The van der Waals surface area contributed by atoms with E-state index in [1.807, 2.05) is 24.3 Å². The quantitative estimate of drug-likeness (QED) is 0.699. The maximum Gasteiger partial charge on any atom is 0.207 e. The minimum atomic E-state index is 0.323. The highest BCUT2D eigenvalue weighted by atomic mass is 79.9. The second-order valence-corrected chi connectivity index (χ2v) is 4.90. The summed E-state index contributed by atoms with van der Waals surface area (Å²) in [6, 6.07) is 7.66. The van der Waals surface area contributed by atoms with E-state index in [1.165, 1.54) is 6.33 Å². The molecular formula is C11H7BrClN5. The summed E-state index contributed by atoms with van der Waals surface area (Å²) in [6.07, 6.45) is 1.36. The Bertz CT molecular complexity index is 739. The number of nitrogens with zero attached hydrogens (tertiary/aromatic N) is 4. The van der Waals surface area contributed by atoms with E-state index in [4.69, 9.17) is 17.3 Å². The number of nitrogens with two attached hydrogens (primary N) is 1. The van der Waals surface area contributed by atoms with Crippen molar-refractivity contribution in [3.05, 3.63) is 40.2 Å². The molecule has 0 spiro atoms. The molecule has 3 aromatic rings. The van der Waals surface area contributed by atoms with Gasteiger partial charge in [-0.05, 0) is 18.2 Å². The molecule has 0 unspecified atom stereocenters. The number of hydrogen-bond acceptors (Lipinski definition) is 4. The van der Waals surface area contributed by atoms with Crippen molar-refractivity contribution in [1.82, 2.24) is 19.5 Å². The summed E-state index contributed by atoms with van der Waals surface area (Å²) in [6.45, 7) is 0. The fourth-order valence-electron chi connectivity index (χ4n) is 1.77. The molecule has 0 amide bonds. The highest BCUT2D eigenvalue weighted by Crippen LogP contribution is 2.27. The average Bonchev–Trinajstić information content (AvgIpc) is 2.67. The zero-order valence-electron chi connectivity index (χ0n) is 9.01. The van der Waals surface area contributed by atoms with Crippen LogP contribution in [0.5, 0.6) is 0 Å². The van der Waals surface area contributed by atoms with Crippen molar-refractivity contribution in [3.63, 3.8) is 0 Å². The molecule has 0 bridgehead atoms. The van der Waals surface area contributed by atoms with Crippen molar-refractivity contribution in [2.75, 3.05) is 5.73 Å². The molecule has 7 heteroatoms. The summed E-state index contributed by atoms with van der Waals surface area (Å²) >= 11 is 9.50. The third kappa shape index (κ3) is 1.74. The van der Waals surface area contributed by atoms with Crippen LogP contribution >= 0.6 is 27.5 Å². The first-order valence-electron chi connectivity index (χ1n) is 5.07. The predicted octanol–water partition coefficient (Wildman–Crippen LogP) is 2.81. The molecule has 0 aliphatic carbocycles. The Kier molecular flexibility index (Phi) is 2.68. The Morgan fingerprint density at radius 2 is 2.11 bits per heavy atom. The molecule has 0 saturated heterocycles. The number of aromatic nitrogens is 4. The number of benzene rings is 1. The first-order chi connectivity index (χ1) is 8.66. The van der Waals surface area contributed by atoms with Crippen LogP contribution in [0, 0.1) is 0 Å². The van der Waals surface area contributed by atoms with Crippen LogP contribution in [-0.2, 0) is 0 Å². The average molecular weight is 325 g/mol. The first kappa shape index (κ1) is 11.4. The second kappa shape index (κ2) is 4.22. The molecule has 2 heterocycles. The van der Waals surface area contributed by atoms with Crippen LogP contribution in [0.2, 0.25) is 5.15 Å². The standard InChI is InChI=1S/C11H7BrClN5/c12-6-2-1-3-7(4-6)18-8-9(13)15-5-16-10(8)17-11(18)14/h1-5H,(H2,14,15,16,17). The van der Waals surface area contributed by atoms with Crippen molar-refractivity contribution in [2.24, 2.45) is 0 Å². The number of nitrogen functional groups attached to an aromatic ring is 1. The highest BCUT2D eigenvalue weighted by Gasteiger charge is 2.14. The molecule has 0 saturated carbocycles. The van der Waals surface area contributed by atoms with E-state index in [0.717, 1.165) is 10.2 Å². The molecule has 90 valence electrons. The molecule has 1 aromatic carbocycles. The molecule has 2 N–H and O–H groups in total. The third-order valence-electron chi connectivity index (χ3n) is 2.50. The third-order valence-corrected chi connectivity index (χ3v) is 3.27. The maximum atomic E-state index is 6.09. The molecule has 0 aliphatic heterocycles. The van der Waals surface area contributed by atoms with Gasteiger partial charge in [-0.1, -0.05) is 33.6 Å². The summed E-state index contributed by atoms with van der Waals surface area (Å²) in [5.41, 5.74) is 7.85. The second-order valence-electron chi connectivity index (χ2n) is 3.62. The van der Waals surface area contributed by atoms with Gasteiger partial charge in [0.25, 0.3) is 0 Å². The van der Waals surface area contributed by atoms with Crippen LogP contribution in [0.25, 0.3) is 16.9 Å². The van der Waals surface area contributed by atoms with Crippen molar-refractivity contribution >= 4 is 44.6 Å². The Hall–Kier alpha value is -1.66. The summed E-state index contributed by atoms with van der Waals surface area (Å²) in [5.74, 6) is 0.325. The Balaban J connectivity index is 2.38. The van der Waals surface area contributed by atoms with Crippen molar-refractivity contribution in [1.29, 1.82) is 0 Å². The van der Waals surface area contributed by atoms with Gasteiger partial charge in [0.1, 0.15) is 11.8 Å². The molecule has 0 atom stereocenters. The van der Waals surface area contributed by atoms with Gasteiger partial charge in [0.05, 0.1) is 5.69 Å². The van der Waals surface area contributed by atoms with Crippen molar-refractivity contribution < 1.29 is 0 Å². The van der Waals surface area contributed by atoms with Gasteiger partial charge < -0.3 is 5.73 Å². The first-order valence-corrected chi connectivity index (χ1v) is 6.24. The highest BCUT2D eigenvalue weighted by molar-refractivity contribution is 9.10. The van der Waals surface area contributed by atoms with Gasteiger partial charge >= 0.3 is 0 Å². The SMILES string of the molecule is Nc1nc2ncnc(Cl)c2n1-c1cccc(Br)c1. The summed E-state index contributed by atoms with van der Waals surface area (Å²) in [4.78, 5) is 12.2. The number of halogens is 2. The zero-order chi connectivity index (χ0) is 12.7. The smallest absolute Gasteiger partial charge is 0.207 e. The van der Waals surface area contributed by atoms with Crippen LogP contribution in [0.15, 0.2) is 35.1 Å². The molecule has 2 aromatic heterocycles. The van der Waals surface area contributed by atoms with Crippen LogP contribution < -0.4 is 5.73 Å². The summed E-state index contributed by atoms with van der Waals surface area (Å²) < 4.78 is 2.66. The van der Waals surface area contributed by atoms with Gasteiger partial charge in [0.15, 0.2) is 10.8 Å². The Morgan fingerprint density at radius 1 is 1.28 bits per heavy atom. The van der Waals surface area contributed by atoms with Gasteiger partial charge in [-0.25, -0.2) is 9.97 Å². The monoisotopic (exact) mass is 323 g/mol. The summed E-state index contributed by atoms with van der Waals surface area (Å²) in [7, 11) is 0. The fraction of sp³-hybridized carbons (Fsp3) is 0. The zero-order valence-corrected chi connectivity index (χ0v) is 11.4. The van der Waals surface area contributed by atoms with E-state index in [1.54, 1.807) is 4.57 Å². The van der Waals surface area contributed by atoms with E-state index in [-0.39, 0.29) is 0 Å². The van der Waals surface area contributed by atoms with Crippen LogP contribution in [0.3, 0.4) is 0 Å². The van der Waals surface area contributed by atoms with Gasteiger partial charge in [-0.2, -0.15) is 4.98 Å². The lowest BCUT2D eigenvalue weighted by Crippen LogP contribution is -2.01. The topological polar surface area (TPSA) is 69.6 Å². The fourth-order valence-corrected chi connectivity index (χ4v) is 2.37. The lowest BCUT2D eigenvalue weighted by atomic mass is 10.3. The van der Waals surface area contributed by atoms with Gasteiger partial charge in [-0.15, -0.1) is 0 Å². The molecule has 0 radical (unpaired) electrons. The Labute approximate surface area is 116 Å². The number of imidazole rings is 1. The number of rotatable bonds is 1. The minimum absolute atomic E-state index is 0.323. The maximum absolute atomic E-state index is 6.09. The molecule has 0 fully saturated rings. The van der Waals surface area contributed by atoms with Crippen LogP contribution in [-0.4, -0.2) is 19.5 Å². The predicted molar refractivity (Wildman–Crippen MR) is 73.8 cm³/mol. The minimum Gasteiger partial charge on any atom is -0.369 e. The molecule has 18 heavy (non-hydrogen) atoms. The van der Waals surface area contributed by atoms with E-state index in [2.05, 4.69) is 30.9 Å². The lowest BCUT2D eigenvalue weighted by Gasteiger charge is -2.06. The molecule has 5 nitrogen and oxygen atoms in total. The van der Waals surface area contributed by atoms with Gasteiger partial charge in [0.2, 0.25) is 5.95 Å². The summed E-state index contributed by atoms with van der Waals surface area (Å²) in [5, 5.41) is 0.323. The van der Waals surface area contributed by atoms with Gasteiger partial charge in [0, 0.05) is 4.47 Å². The molecule has 0 aliphatic rings. The van der Waals surface area contributed by atoms with Crippen molar-refractivity contribution in [2.45, 2.75) is 0 Å². The van der Waals surface area contributed by atoms with E-state index < -0.39 is 0 Å².